The molecule has 0 saturated heterocycles. The minimum atomic E-state index is -4.62. The molecule has 0 amide bonds. The Balaban J connectivity index is 4.30. The summed E-state index contributed by atoms with van der Waals surface area (Å²) < 4.78 is 32.7. The largest absolute Gasteiger partial charge is 0.472 e. The lowest BCUT2D eigenvalue weighted by molar-refractivity contribution is -0.161. The molecule has 0 bridgehead atoms. The van der Waals surface area contributed by atoms with Crippen LogP contribution in [0.1, 0.15) is 206 Å². The summed E-state index contributed by atoms with van der Waals surface area (Å²) in [7, 11) is -4.62. The normalized spacial score (nSPS) is 14.1. The first kappa shape index (κ1) is 53.5. The monoisotopic (exact) mass is 803 g/mol. The van der Waals surface area contributed by atoms with Gasteiger partial charge < -0.3 is 24.6 Å². The number of unbranched alkanes of at least 4 members (excludes halogenated alkanes) is 24. The number of carbonyl (C=O) groups excluding carboxylic acids is 2. The highest BCUT2D eigenvalue weighted by Gasteiger charge is 2.27. The molecule has 0 saturated carbocycles. The van der Waals surface area contributed by atoms with Crippen molar-refractivity contribution in [2.45, 2.75) is 219 Å². The van der Waals surface area contributed by atoms with Crippen LogP contribution in [0, 0.1) is 0 Å². The van der Waals surface area contributed by atoms with Gasteiger partial charge in [-0.25, -0.2) is 4.57 Å². The van der Waals surface area contributed by atoms with Crippen LogP contribution in [0.25, 0.3) is 0 Å². The number of esters is 2. The van der Waals surface area contributed by atoms with Crippen molar-refractivity contribution >= 4 is 19.8 Å². The number of ether oxygens (including phenoxy) is 2. The number of aliphatic hydroxyl groups excluding tert-OH is 2. The lowest BCUT2D eigenvalue weighted by Gasteiger charge is -2.20. The van der Waals surface area contributed by atoms with E-state index in [4.69, 9.17) is 19.1 Å². The summed E-state index contributed by atoms with van der Waals surface area (Å²) in [4.78, 5) is 35.0. The second-order valence-electron chi connectivity index (χ2n) is 15.1. The molecule has 0 heterocycles. The van der Waals surface area contributed by atoms with Crippen LogP contribution >= 0.6 is 7.82 Å². The van der Waals surface area contributed by atoms with Crippen LogP contribution in [-0.2, 0) is 32.7 Å². The third kappa shape index (κ3) is 40.4. The van der Waals surface area contributed by atoms with E-state index in [1.807, 2.05) is 0 Å². The van der Waals surface area contributed by atoms with Gasteiger partial charge in [0.15, 0.2) is 6.10 Å². The molecule has 324 valence electrons. The fourth-order valence-electron chi connectivity index (χ4n) is 6.14. The zero-order valence-electron chi connectivity index (χ0n) is 35.2. The van der Waals surface area contributed by atoms with E-state index in [0.29, 0.717) is 12.8 Å². The summed E-state index contributed by atoms with van der Waals surface area (Å²) in [6, 6.07) is 0. The number of carbonyl (C=O) groups is 2. The Morgan fingerprint density at radius 3 is 1.44 bits per heavy atom. The Labute approximate surface area is 336 Å². The molecule has 0 rings (SSSR count). The van der Waals surface area contributed by atoms with Gasteiger partial charge >= 0.3 is 19.8 Å². The van der Waals surface area contributed by atoms with Crippen LogP contribution in [0.3, 0.4) is 0 Å². The fourth-order valence-corrected chi connectivity index (χ4v) is 6.93. The predicted octanol–water partition coefficient (Wildman–Crippen LogP) is 11.8. The highest BCUT2D eigenvalue weighted by molar-refractivity contribution is 7.47. The standard InChI is InChI=1S/C44H83O10P/c1-3-5-7-9-11-13-15-17-19-20-22-24-26-28-30-32-34-36-44(48)54-42(40-53-55(49,50)52-38-41(46)37-45)39-51-43(47)35-33-31-29-27-25-23-21-18-16-14-12-10-8-6-4-2/h18,21,25,27,41-42,45-46H,3-17,19-20,22-24,26,28-40H2,1-2H3,(H,49,50)/b21-18+,27-25+/t41-,42+/m0/s1. The molecular formula is C44H83O10P. The van der Waals surface area contributed by atoms with Crippen molar-refractivity contribution in [3.63, 3.8) is 0 Å². The predicted molar refractivity (Wildman–Crippen MR) is 224 cm³/mol. The maximum atomic E-state index is 12.6. The molecule has 11 heteroatoms. The highest BCUT2D eigenvalue weighted by Crippen LogP contribution is 2.43. The molecule has 0 aromatic rings. The molecule has 10 nitrogen and oxygen atoms in total. The molecule has 1 unspecified atom stereocenters. The molecule has 0 spiro atoms. The number of hydrogen-bond acceptors (Lipinski definition) is 9. The molecule has 0 aliphatic rings. The third-order valence-corrected chi connectivity index (χ3v) is 10.6. The minimum Gasteiger partial charge on any atom is -0.462 e. The molecule has 0 aliphatic heterocycles. The van der Waals surface area contributed by atoms with Crippen LogP contribution in [0.2, 0.25) is 0 Å². The molecule has 0 radical (unpaired) electrons. The van der Waals surface area contributed by atoms with Crippen molar-refractivity contribution in [1.29, 1.82) is 0 Å². The second-order valence-corrected chi connectivity index (χ2v) is 16.5. The smallest absolute Gasteiger partial charge is 0.462 e. The molecule has 3 atom stereocenters. The maximum absolute atomic E-state index is 12.6. The van der Waals surface area contributed by atoms with E-state index in [1.165, 1.54) is 122 Å². The van der Waals surface area contributed by atoms with E-state index in [0.717, 1.165) is 44.9 Å². The van der Waals surface area contributed by atoms with E-state index in [-0.39, 0.29) is 19.4 Å². The summed E-state index contributed by atoms with van der Waals surface area (Å²) in [5.41, 5.74) is 0. The maximum Gasteiger partial charge on any atom is 0.472 e. The zero-order valence-corrected chi connectivity index (χ0v) is 36.0. The molecular weight excluding hydrogens is 719 g/mol. The van der Waals surface area contributed by atoms with Crippen LogP contribution in [0.15, 0.2) is 24.3 Å². The molecule has 0 fully saturated rings. The SMILES string of the molecule is CCCCCCCC/C=C/C/C=C/CCCCC(=O)OC[C@H](COP(=O)(O)OC[C@@H](O)CO)OC(=O)CCCCCCCCCCCCCCCCCCC. The summed E-state index contributed by atoms with van der Waals surface area (Å²) in [6.07, 6.45) is 40.0. The second kappa shape index (κ2) is 40.6. The van der Waals surface area contributed by atoms with Gasteiger partial charge in [0, 0.05) is 12.8 Å². The number of phosphoric ester groups is 1. The lowest BCUT2D eigenvalue weighted by Crippen LogP contribution is -2.29. The van der Waals surface area contributed by atoms with Crippen molar-refractivity contribution in [1.82, 2.24) is 0 Å². The first-order valence-corrected chi connectivity index (χ1v) is 23.8. The Bertz CT molecular complexity index is 972. The third-order valence-electron chi connectivity index (χ3n) is 9.61. The lowest BCUT2D eigenvalue weighted by atomic mass is 10.0. The van der Waals surface area contributed by atoms with Gasteiger partial charge in [-0.3, -0.25) is 18.6 Å². The van der Waals surface area contributed by atoms with Gasteiger partial charge in [-0.05, 0) is 44.9 Å². The number of rotatable bonds is 42. The molecule has 3 N–H and O–H groups in total. The first-order chi connectivity index (χ1) is 26.7. The van der Waals surface area contributed by atoms with Crippen molar-refractivity contribution in [3.05, 3.63) is 24.3 Å². The van der Waals surface area contributed by atoms with E-state index < -0.39 is 51.8 Å². The van der Waals surface area contributed by atoms with E-state index >= 15 is 0 Å². The Morgan fingerprint density at radius 2 is 0.945 bits per heavy atom. The quantitative estimate of drug-likeness (QED) is 0.0236. The van der Waals surface area contributed by atoms with Crippen LogP contribution < -0.4 is 0 Å². The van der Waals surface area contributed by atoms with Gasteiger partial charge in [-0.1, -0.05) is 173 Å². The van der Waals surface area contributed by atoms with Gasteiger partial charge in [-0.15, -0.1) is 0 Å². The minimum absolute atomic E-state index is 0.182. The fraction of sp³-hybridized carbons (Fsp3) is 0.864. The molecule has 0 aliphatic carbocycles. The number of allylic oxidation sites excluding steroid dienone is 4. The Morgan fingerprint density at radius 1 is 0.545 bits per heavy atom. The number of aliphatic hydroxyl groups is 2. The van der Waals surface area contributed by atoms with Crippen LogP contribution in [-0.4, -0.2) is 65.7 Å². The van der Waals surface area contributed by atoms with Crippen LogP contribution in [0.4, 0.5) is 0 Å². The molecule has 55 heavy (non-hydrogen) atoms. The molecule has 0 aromatic carbocycles. The number of hydrogen-bond donors (Lipinski definition) is 3. The first-order valence-electron chi connectivity index (χ1n) is 22.3. The average Bonchev–Trinajstić information content (AvgIpc) is 3.17. The van der Waals surface area contributed by atoms with Crippen molar-refractivity contribution in [3.8, 4) is 0 Å². The zero-order chi connectivity index (χ0) is 40.5. The van der Waals surface area contributed by atoms with E-state index in [9.17, 15) is 24.2 Å². The summed E-state index contributed by atoms with van der Waals surface area (Å²) in [6.45, 7) is 2.36. The summed E-state index contributed by atoms with van der Waals surface area (Å²) in [5, 5.41) is 18.3. The Kier molecular flexibility index (Phi) is 39.5. The van der Waals surface area contributed by atoms with Gasteiger partial charge in [-0.2, -0.15) is 0 Å². The van der Waals surface area contributed by atoms with E-state index in [1.54, 1.807) is 0 Å². The molecule has 0 aromatic heterocycles. The summed E-state index contributed by atoms with van der Waals surface area (Å²) in [5.74, 6) is -0.954. The number of phosphoric acid groups is 1. The topological polar surface area (TPSA) is 149 Å². The summed E-state index contributed by atoms with van der Waals surface area (Å²) >= 11 is 0. The van der Waals surface area contributed by atoms with Gasteiger partial charge in [0.1, 0.15) is 12.7 Å². The van der Waals surface area contributed by atoms with E-state index in [2.05, 4.69) is 42.7 Å². The van der Waals surface area contributed by atoms with Gasteiger partial charge in [0.05, 0.1) is 19.8 Å². The Hall–Kier alpha value is -1.55. The highest BCUT2D eigenvalue weighted by atomic mass is 31.2. The van der Waals surface area contributed by atoms with Crippen molar-refractivity contribution in [2.24, 2.45) is 0 Å². The van der Waals surface area contributed by atoms with Crippen molar-refractivity contribution in [2.75, 3.05) is 26.4 Å². The van der Waals surface area contributed by atoms with Crippen molar-refractivity contribution < 1.29 is 47.8 Å². The average molecular weight is 803 g/mol. The van der Waals surface area contributed by atoms with Crippen LogP contribution in [0.5, 0.6) is 0 Å². The van der Waals surface area contributed by atoms with Gasteiger partial charge in [0.25, 0.3) is 0 Å². The van der Waals surface area contributed by atoms with Gasteiger partial charge in [0.2, 0.25) is 0 Å².